The third kappa shape index (κ3) is 5.05. The first-order valence-corrected chi connectivity index (χ1v) is 7.00. The largest absolute Gasteiger partial charge is 0.314 e. The third-order valence-electron chi connectivity index (χ3n) is 3.47. The Hall–Kier alpha value is -0.0600. The summed E-state index contributed by atoms with van der Waals surface area (Å²) in [6.45, 7) is 6.02. The van der Waals surface area contributed by atoms with Crippen LogP contribution >= 0.6 is 36.4 Å². The van der Waals surface area contributed by atoms with Crippen molar-refractivity contribution in [2.75, 3.05) is 26.2 Å². The van der Waals surface area contributed by atoms with Gasteiger partial charge in [0.2, 0.25) is 0 Å². The summed E-state index contributed by atoms with van der Waals surface area (Å²) in [5.74, 6) is -0.142. The molecular formula is C14H22Cl3FN2. The van der Waals surface area contributed by atoms with Gasteiger partial charge in [-0.25, -0.2) is 4.39 Å². The lowest BCUT2D eigenvalue weighted by atomic mass is 9.99. The molecular weight excluding hydrogens is 322 g/mol. The van der Waals surface area contributed by atoms with E-state index in [1.165, 1.54) is 6.07 Å². The number of benzene rings is 1. The topological polar surface area (TPSA) is 15.3 Å². The van der Waals surface area contributed by atoms with E-state index in [0.29, 0.717) is 5.02 Å². The van der Waals surface area contributed by atoms with Crippen LogP contribution in [0, 0.1) is 5.82 Å². The summed E-state index contributed by atoms with van der Waals surface area (Å²) in [5.41, 5.74) is 0.742. The normalized spacial score (nSPS) is 16.9. The summed E-state index contributed by atoms with van der Waals surface area (Å²) in [5, 5.41) is 3.94. The zero-order chi connectivity index (χ0) is 13.0. The van der Waals surface area contributed by atoms with Crippen LogP contribution in [0.1, 0.15) is 31.4 Å². The summed E-state index contributed by atoms with van der Waals surface area (Å²) in [4.78, 5) is 2.36. The Morgan fingerprint density at radius 2 is 1.95 bits per heavy atom. The lowest BCUT2D eigenvalue weighted by Gasteiger charge is -2.35. The zero-order valence-corrected chi connectivity index (χ0v) is 14.0. The molecule has 0 aromatic heterocycles. The number of halogens is 4. The molecule has 1 aliphatic rings. The average molecular weight is 344 g/mol. The highest BCUT2D eigenvalue weighted by Gasteiger charge is 2.23. The summed E-state index contributed by atoms with van der Waals surface area (Å²) < 4.78 is 14.0. The minimum Gasteiger partial charge on any atom is -0.314 e. The summed E-state index contributed by atoms with van der Waals surface area (Å²) in [6.07, 6.45) is 2.01. The van der Waals surface area contributed by atoms with Crippen molar-refractivity contribution in [2.45, 2.75) is 25.8 Å². The fourth-order valence-corrected chi connectivity index (χ4v) is 2.75. The molecule has 1 aromatic rings. The van der Waals surface area contributed by atoms with Crippen molar-refractivity contribution in [3.8, 4) is 0 Å². The van der Waals surface area contributed by atoms with E-state index in [0.717, 1.165) is 44.6 Å². The van der Waals surface area contributed by atoms with Gasteiger partial charge in [0.1, 0.15) is 5.82 Å². The Morgan fingerprint density at radius 3 is 2.55 bits per heavy atom. The van der Waals surface area contributed by atoms with E-state index in [2.05, 4.69) is 17.1 Å². The van der Waals surface area contributed by atoms with Gasteiger partial charge in [0.15, 0.2) is 0 Å². The number of hydrogen-bond acceptors (Lipinski definition) is 2. The molecule has 1 atom stereocenters. The Kier molecular flexibility index (Phi) is 9.77. The van der Waals surface area contributed by atoms with Crippen LogP contribution in [0.3, 0.4) is 0 Å². The fraction of sp³-hybridized carbons (Fsp3) is 0.571. The molecule has 0 spiro atoms. The predicted molar refractivity (Wildman–Crippen MR) is 88.0 cm³/mol. The molecule has 1 heterocycles. The van der Waals surface area contributed by atoms with Crippen molar-refractivity contribution in [1.82, 2.24) is 10.2 Å². The second-order valence-corrected chi connectivity index (χ2v) is 5.19. The van der Waals surface area contributed by atoms with Gasteiger partial charge in [0.05, 0.1) is 0 Å². The van der Waals surface area contributed by atoms with Gasteiger partial charge in [-0.3, -0.25) is 4.90 Å². The van der Waals surface area contributed by atoms with Gasteiger partial charge >= 0.3 is 0 Å². The van der Waals surface area contributed by atoms with E-state index in [4.69, 9.17) is 11.6 Å². The second-order valence-electron chi connectivity index (χ2n) is 4.76. The second kappa shape index (κ2) is 9.80. The smallest absolute Gasteiger partial charge is 0.128 e. The summed E-state index contributed by atoms with van der Waals surface area (Å²) in [6, 6.07) is 5.01. The van der Waals surface area contributed by atoms with Crippen LogP contribution in [-0.2, 0) is 0 Å². The number of hydrogen-bond donors (Lipinski definition) is 1. The van der Waals surface area contributed by atoms with Crippen molar-refractivity contribution in [3.05, 3.63) is 34.6 Å². The van der Waals surface area contributed by atoms with Crippen LogP contribution < -0.4 is 5.32 Å². The third-order valence-corrected chi connectivity index (χ3v) is 3.71. The molecule has 1 aliphatic heterocycles. The molecule has 0 unspecified atom stereocenters. The van der Waals surface area contributed by atoms with Gasteiger partial charge in [-0.05, 0) is 24.6 Å². The molecule has 0 bridgehead atoms. The van der Waals surface area contributed by atoms with Gasteiger partial charge in [0, 0.05) is 42.8 Å². The van der Waals surface area contributed by atoms with Crippen LogP contribution in [0.5, 0.6) is 0 Å². The van der Waals surface area contributed by atoms with Crippen LogP contribution in [-0.4, -0.2) is 31.1 Å². The maximum Gasteiger partial charge on any atom is 0.128 e. The van der Waals surface area contributed by atoms with Gasteiger partial charge in [0.25, 0.3) is 0 Å². The van der Waals surface area contributed by atoms with Crippen LogP contribution in [0.15, 0.2) is 18.2 Å². The summed E-state index contributed by atoms with van der Waals surface area (Å²) >= 11 is 6.00. The van der Waals surface area contributed by atoms with Crippen molar-refractivity contribution in [1.29, 1.82) is 0 Å². The van der Waals surface area contributed by atoms with E-state index < -0.39 is 0 Å². The monoisotopic (exact) mass is 342 g/mol. The van der Waals surface area contributed by atoms with Gasteiger partial charge in [-0.15, -0.1) is 24.8 Å². The molecule has 20 heavy (non-hydrogen) atoms. The number of nitrogens with one attached hydrogen (secondary N) is 1. The molecule has 0 aliphatic carbocycles. The lowest BCUT2D eigenvalue weighted by Crippen LogP contribution is -2.45. The Morgan fingerprint density at radius 1 is 1.30 bits per heavy atom. The van der Waals surface area contributed by atoms with Crippen molar-refractivity contribution in [2.24, 2.45) is 0 Å². The Labute approximate surface area is 137 Å². The maximum absolute atomic E-state index is 14.0. The molecule has 1 saturated heterocycles. The minimum atomic E-state index is -0.142. The average Bonchev–Trinajstić information content (AvgIpc) is 2.40. The minimum absolute atomic E-state index is 0. The van der Waals surface area contributed by atoms with Crippen LogP contribution in [0.4, 0.5) is 4.39 Å². The highest BCUT2D eigenvalue weighted by atomic mass is 35.5. The zero-order valence-electron chi connectivity index (χ0n) is 11.6. The Balaban J connectivity index is 0.00000180. The molecule has 0 saturated carbocycles. The van der Waals surface area contributed by atoms with E-state index in [-0.39, 0.29) is 36.7 Å². The quantitative estimate of drug-likeness (QED) is 0.886. The van der Waals surface area contributed by atoms with Gasteiger partial charge in [-0.1, -0.05) is 24.9 Å². The molecule has 1 aromatic carbocycles. The van der Waals surface area contributed by atoms with E-state index in [1.54, 1.807) is 12.1 Å². The fourth-order valence-electron chi connectivity index (χ4n) is 2.57. The molecule has 2 nitrogen and oxygen atoms in total. The van der Waals surface area contributed by atoms with Crippen LogP contribution in [0.2, 0.25) is 5.02 Å². The molecule has 6 heteroatoms. The van der Waals surface area contributed by atoms with Crippen LogP contribution in [0.25, 0.3) is 0 Å². The summed E-state index contributed by atoms with van der Waals surface area (Å²) in [7, 11) is 0. The standard InChI is InChI=1S/C14H20ClFN2.2ClH/c1-2-3-14(18-8-6-17-7-9-18)12-10-11(15)4-5-13(12)16;;/h4-5,10,14,17H,2-3,6-9H2,1H3;2*1H/t14-;;/m1../s1. The van der Waals surface area contributed by atoms with Gasteiger partial charge < -0.3 is 5.32 Å². The highest BCUT2D eigenvalue weighted by molar-refractivity contribution is 6.30. The highest BCUT2D eigenvalue weighted by Crippen LogP contribution is 2.30. The number of nitrogens with zero attached hydrogens (tertiary/aromatic N) is 1. The molecule has 1 fully saturated rings. The first kappa shape index (κ1) is 19.9. The van der Waals surface area contributed by atoms with Crippen molar-refractivity contribution >= 4 is 36.4 Å². The first-order chi connectivity index (χ1) is 8.72. The maximum atomic E-state index is 14.0. The molecule has 1 N–H and O–H groups in total. The Bertz CT molecular complexity index is 398. The lowest BCUT2D eigenvalue weighted by molar-refractivity contribution is 0.161. The predicted octanol–water partition coefficient (Wildman–Crippen LogP) is 4.07. The SMILES string of the molecule is CCC[C@H](c1cc(Cl)ccc1F)N1CCNCC1.Cl.Cl. The van der Waals surface area contributed by atoms with E-state index in [9.17, 15) is 4.39 Å². The molecule has 2 rings (SSSR count). The van der Waals surface area contributed by atoms with E-state index in [1.807, 2.05) is 0 Å². The number of rotatable bonds is 4. The van der Waals surface area contributed by atoms with Crippen molar-refractivity contribution < 1.29 is 4.39 Å². The van der Waals surface area contributed by atoms with Gasteiger partial charge in [-0.2, -0.15) is 0 Å². The first-order valence-electron chi connectivity index (χ1n) is 6.62. The molecule has 0 amide bonds. The molecule has 0 radical (unpaired) electrons. The van der Waals surface area contributed by atoms with Crippen molar-refractivity contribution in [3.63, 3.8) is 0 Å². The molecule has 116 valence electrons. The number of piperazine rings is 1. The van der Waals surface area contributed by atoms with E-state index >= 15 is 0 Å².